The van der Waals surface area contributed by atoms with Crippen LogP contribution >= 0.6 is 11.6 Å². The van der Waals surface area contributed by atoms with Crippen LogP contribution in [0.25, 0.3) is 0 Å². The molecule has 25 heavy (non-hydrogen) atoms. The molecule has 0 radical (unpaired) electrons. The molecule has 0 saturated carbocycles. The molecular formula is C18H20ClN3O3. The molecule has 0 bridgehead atoms. The summed E-state index contributed by atoms with van der Waals surface area (Å²) in [4.78, 5) is 24.5. The lowest BCUT2D eigenvalue weighted by atomic mass is 10.1. The maximum Gasteiger partial charge on any atom is 0.294 e. The summed E-state index contributed by atoms with van der Waals surface area (Å²) in [5, 5.41) is 13.9. The third kappa shape index (κ3) is 5.55. The van der Waals surface area contributed by atoms with Crippen molar-refractivity contribution in [1.82, 2.24) is 4.90 Å². The fourth-order valence-electron chi connectivity index (χ4n) is 2.44. The van der Waals surface area contributed by atoms with E-state index in [1.807, 2.05) is 24.1 Å². The van der Waals surface area contributed by atoms with E-state index in [0.717, 1.165) is 12.0 Å². The van der Waals surface area contributed by atoms with Gasteiger partial charge in [-0.05, 0) is 36.7 Å². The largest absolute Gasteiger partial charge is 0.319 e. The fourth-order valence-corrected chi connectivity index (χ4v) is 2.61. The maximum atomic E-state index is 12.2. The number of rotatable bonds is 7. The fraction of sp³-hybridized carbons (Fsp3) is 0.278. The molecule has 2 aromatic carbocycles. The quantitative estimate of drug-likeness (QED) is 0.599. The van der Waals surface area contributed by atoms with Crippen molar-refractivity contribution >= 4 is 28.9 Å². The predicted molar refractivity (Wildman–Crippen MR) is 98.9 cm³/mol. The minimum Gasteiger partial charge on any atom is -0.319 e. The Morgan fingerprint density at radius 1 is 1.20 bits per heavy atom. The molecule has 1 amide bonds. The van der Waals surface area contributed by atoms with Crippen LogP contribution in [0.1, 0.15) is 18.1 Å². The standard InChI is InChI=1S/C18H20ClN3O3/c1-3-13-4-6-14(7-5-13)11-21(2)12-18(23)20-16-9-8-15(19)10-17(16)22(24)25/h4-10H,3,11-12H2,1-2H3,(H,20,23). The van der Waals surface area contributed by atoms with E-state index in [1.165, 1.54) is 23.8 Å². The predicted octanol–water partition coefficient (Wildman–Crippen LogP) is 3.88. The Kier molecular flexibility index (Phi) is 6.50. The van der Waals surface area contributed by atoms with Gasteiger partial charge >= 0.3 is 0 Å². The first kappa shape index (κ1) is 18.9. The Hall–Kier alpha value is -2.44. The zero-order valence-corrected chi connectivity index (χ0v) is 14.9. The molecule has 7 heteroatoms. The highest BCUT2D eigenvalue weighted by Crippen LogP contribution is 2.27. The minimum absolute atomic E-state index is 0.120. The summed E-state index contributed by atoms with van der Waals surface area (Å²) in [7, 11) is 1.82. The van der Waals surface area contributed by atoms with Crippen molar-refractivity contribution in [2.24, 2.45) is 0 Å². The van der Waals surface area contributed by atoms with Crippen LogP contribution in [0.3, 0.4) is 0 Å². The zero-order valence-electron chi connectivity index (χ0n) is 14.2. The first-order valence-corrected chi connectivity index (χ1v) is 8.27. The number of amides is 1. The van der Waals surface area contributed by atoms with Crippen LogP contribution in [0.15, 0.2) is 42.5 Å². The van der Waals surface area contributed by atoms with Crippen LogP contribution in [0.4, 0.5) is 11.4 Å². The Bertz CT molecular complexity index is 763. The van der Waals surface area contributed by atoms with Crippen molar-refractivity contribution in [2.75, 3.05) is 18.9 Å². The summed E-state index contributed by atoms with van der Waals surface area (Å²) in [6, 6.07) is 12.4. The van der Waals surface area contributed by atoms with Crippen LogP contribution in [0.5, 0.6) is 0 Å². The number of nitrogens with one attached hydrogen (secondary N) is 1. The third-order valence-electron chi connectivity index (χ3n) is 3.73. The number of aryl methyl sites for hydroxylation is 1. The van der Waals surface area contributed by atoms with E-state index in [-0.39, 0.29) is 28.8 Å². The molecule has 0 aromatic heterocycles. The Morgan fingerprint density at radius 3 is 2.44 bits per heavy atom. The minimum atomic E-state index is -0.569. The van der Waals surface area contributed by atoms with Gasteiger partial charge in [0.2, 0.25) is 5.91 Å². The Morgan fingerprint density at radius 2 is 1.84 bits per heavy atom. The number of carbonyl (C=O) groups excluding carboxylic acids is 1. The van der Waals surface area contributed by atoms with Gasteiger partial charge in [-0.2, -0.15) is 0 Å². The van der Waals surface area contributed by atoms with Gasteiger partial charge in [0.25, 0.3) is 5.69 Å². The van der Waals surface area contributed by atoms with Crippen LogP contribution in [-0.4, -0.2) is 29.3 Å². The summed E-state index contributed by atoms with van der Waals surface area (Å²) >= 11 is 5.77. The number of halogens is 1. The Balaban J connectivity index is 1.96. The van der Waals surface area contributed by atoms with E-state index in [4.69, 9.17) is 11.6 Å². The number of nitrogens with zero attached hydrogens (tertiary/aromatic N) is 2. The van der Waals surface area contributed by atoms with E-state index in [9.17, 15) is 14.9 Å². The molecule has 0 aliphatic rings. The van der Waals surface area contributed by atoms with Crippen molar-refractivity contribution in [3.05, 3.63) is 68.7 Å². The molecule has 0 aliphatic carbocycles. The lowest BCUT2D eigenvalue weighted by Crippen LogP contribution is -2.30. The summed E-state index contributed by atoms with van der Waals surface area (Å²) in [6.07, 6.45) is 0.985. The van der Waals surface area contributed by atoms with Crippen molar-refractivity contribution in [3.63, 3.8) is 0 Å². The van der Waals surface area contributed by atoms with Crippen molar-refractivity contribution in [2.45, 2.75) is 19.9 Å². The second-order valence-electron chi connectivity index (χ2n) is 5.81. The highest BCUT2D eigenvalue weighted by atomic mass is 35.5. The van der Waals surface area contributed by atoms with Crippen molar-refractivity contribution < 1.29 is 9.72 Å². The van der Waals surface area contributed by atoms with Gasteiger partial charge in [0, 0.05) is 17.6 Å². The summed E-state index contributed by atoms with van der Waals surface area (Å²) in [5.41, 5.74) is 2.28. The second kappa shape index (κ2) is 8.60. The molecular weight excluding hydrogens is 342 g/mol. The van der Waals surface area contributed by atoms with Gasteiger partial charge < -0.3 is 5.32 Å². The van der Waals surface area contributed by atoms with Crippen LogP contribution in [-0.2, 0) is 17.8 Å². The van der Waals surface area contributed by atoms with E-state index < -0.39 is 4.92 Å². The molecule has 0 fully saturated rings. The van der Waals surface area contributed by atoms with E-state index in [1.54, 1.807) is 0 Å². The topological polar surface area (TPSA) is 75.5 Å². The normalized spacial score (nSPS) is 10.7. The van der Waals surface area contributed by atoms with Gasteiger partial charge in [0.05, 0.1) is 11.5 Å². The first-order valence-electron chi connectivity index (χ1n) is 7.89. The molecule has 2 aromatic rings. The summed E-state index contributed by atoms with van der Waals surface area (Å²) in [6.45, 7) is 2.83. The van der Waals surface area contributed by atoms with Gasteiger partial charge in [-0.25, -0.2) is 0 Å². The average molecular weight is 362 g/mol. The van der Waals surface area contributed by atoms with Crippen LogP contribution < -0.4 is 5.32 Å². The number of benzene rings is 2. The number of hydrogen-bond donors (Lipinski definition) is 1. The Labute approximate surface area is 151 Å². The first-order chi connectivity index (χ1) is 11.9. The molecule has 0 saturated heterocycles. The number of anilines is 1. The zero-order chi connectivity index (χ0) is 18.4. The summed E-state index contributed by atoms with van der Waals surface area (Å²) < 4.78 is 0. The van der Waals surface area contributed by atoms with Gasteiger partial charge in [0.15, 0.2) is 0 Å². The molecule has 0 atom stereocenters. The van der Waals surface area contributed by atoms with Crippen molar-refractivity contribution in [3.8, 4) is 0 Å². The number of nitro groups is 1. The number of nitro benzene ring substituents is 1. The van der Waals surface area contributed by atoms with E-state index in [2.05, 4.69) is 24.4 Å². The molecule has 1 N–H and O–H groups in total. The van der Waals surface area contributed by atoms with E-state index >= 15 is 0 Å². The van der Waals surface area contributed by atoms with Gasteiger partial charge in [-0.15, -0.1) is 0 Å². The lowest BCUT2D eigenvalue weighted by Gasteiger charge is -2.16. The number of likely N-dealkylation sites (N-methyl/N-ethyl adjacent to an activating group) is 1. The second-order valence-corrected chi connectivity index (χ2v) is 6.25. The highest BCUT2D eigenvalue weighted by Gasteiger charge is 2.17. The molecule has 132 valence electrons. The SMILES string of the molecule is CCc1ccc(CN(C)CC(=O)Nc2ccc(Cl)cc2[N+](=O)[O-])cc1. The van der Waals surface area contributed by atoms with Crippen molar-refractivity contribution in [1.29, 1.82) is 0 Å². The highest BCUT2D eigenvalue weighted by molar-refractivity contribution is 6.31. The molecule has 0 spiro atoms. The monoisotopic (exact) mass is 361 g/mol. The average Bonchev–Trinajstić information content (AvgIpc) is 2.56. The molecule has 0 unspecified atom stereocenters. The molecule has 6 nitrogen and oxygen atoms in total. The smallest absolute Gasteiger partial charge is 0.294 e. The number of hydrogen-bond acceptors (Lipinski definition) is 4. The maximum absolute atomic E-state index is 12.2. The lowest BCUT2D eigenvalue weighted by molar-refractivity contribution is -0.383. The summed E-state index contributed by atoms with van der Waals surface area (Å²) in [5.74, 6) is -0.321. The van der Waals surface area contributed by atoms with Crippen LogP contribution in [0, 0.1) is 10.1 Å². The van der Waals surface area contributed by atoms with Crippen LogP contribution in [0.2, 0.25) is 5.02 Å². The number of carbonyl (C=O) groups is 1. The van der Waals surface area contributed by atoms with Gasteiger partial charge in [0.1, 0.15) is 5.69 Å². The van der Waals surface area contributed by atoms with Gasteiger partial charge in [-0.1, -0.05) is 42.8 Å². The molecule has 0 heterocycles. The molecule has 0 aliphatic heterocycles. The van der Waals surface area contributed by atoms with Gasteiger partial charge in [-0.3, -0.25) is 19.8 Å². The third-order valence-corrected chi connectivity index (χ3v) is 3.96. The van der Waals surface area contributed by atoms with E-state index in [0.29, 0.717) is 6.54 Å². The molecule has 2 rings (SSSR count).